The molecule has 0 aromatic carbocycles. The zero-order valence-corrected chi connectivity index (χ0v) is 9.19. The monoisotopic (exact) mass is 223 g/mol. The second-order valence-corrected chi connectivity index (χ2v) is 3.64. The summed E-state index contributed by atoms with van der Waals surface area (Å²) in [7, 11) is 0. The van der Waals surface area contributed by atoms with Crippen LogP contribution in [0.3, 0.4) is 0 Å². The van der Waals surface area contributed by atoms with Crippen molar-refractivity contribution in [1.82, 2.24) is 15.1 Å². The molecule has 0 saturated heterocycles. The Balaban J connectivity index is 2.35. The van der Waals surface area contributed by atoms with Crippen molar-refractivity contribution in [2.75, 3.05) is 13.2 Å². The van der Waals surface area contributed by atoms with E-state index in [1.807, 2.05) is 6.92 Å². The first kappa shape index (κ1) is 10.7. The van der Waals surface area contributed by atoms with Gasteiger partial charge in [0.2, 0.25) is 0 Å². The molecule has 16 heavy (non-hydrogen) atoms. The Hall–Kier alpha value is -1.85. The highest BCUT2D eigenvalue weighted by atomic mass is 16.5. The van der Waals surface area contributed by atoms with Gasteiger partial charge in [-0.2, -0.15) is 5.10 Å². The quantitative estimate of drug-likeness (QED) is 0.735. The van der Waals surface area contributed by atoms with E-state index in [9.17, 15) is 9.59 Å². The van der Waals surface area contributed by atoms with Crippen molar-refractivity contribution < 1.29 is 14.3 Å². The summed E-state index contributed by atoms with van der Waals surface area (Å²) in [6.45, 7) is 4.46. The molecule has 0 spiro atoms. The maximum atomic E-state index is 11.5. The average molecular weight is 223 g/mol. The molecule has 1 aliphatic rings. The molecule has 0 aliphatic carbocycles. The normalized spacial score (nSPS) is 18.9. The molecule has 1 aromatic rings. The second kappa shape index (κ2) is 3.96. The van der Waals surface area contributed by atoms with Crippen LogP contribution in [0.5, 0.6) is 0 Å². The Morgan fingerprint density at radius 3 is 3.12 bits per heavy atom. The Morgan fingerprint density at radius 2 is 2.50 bits per heavy atom. The van der Waals surface area contributed by atoms with Gasteiger partial charge in [-0.3, -0.25) is 9.48 Å². The lowest BCUT2D eigenvalue weighted by molar-refractivity contribution is 0.0517. The van der Waals surface area contributed by atoms with E-state index in [4.69, 9.17) is 4.74 Å². The fourth-order valence-electron chi connectivity index (χ4n) is 1.62. The molecule has 86 valence electrons. The number of carbonyl (C=O) groups is 2. The molecule has 2 rings (SSSR count). The fourth-order valence-corrected chi connectivity index (χ4v) is 1.62. The zero-order chi connectivity index (χ0) is 11.7. The topological polar surface area (TPSA) is 73.2 Å². The molecule has 6 nitrogen and oxygen atoms in total. The SMILES string of the molecule is CCOC(=O)c1cc2n(n1)[C@@H](C)CNC2=O. The lowest BCUT2D eigenvalue weighted by Crippen LogP contribution is -2.38. The van der Waals surface area contributed by atoms with E-state index >= 15 is 0 Å². The van der Waals surface area contributed by atoms with Gasteiger partial charge in [-0.15, -0.1) is 0 Å². The van der Waals surface area contributed by atoms with E-state index in [0.29, 0.717) is 18.8 Å². The molecule has 1 amide bonds. The third-order valence-corrected chi connectivity index (χ3v) is 2.43. The number of nitrogens with zero attached hydrogens (tertiary/aromatic N) is 2. The second-order valence-electron chi connectivity index (χ2n) is 3.64. The first-order valence-corrected chi connectivity index (χ1v) is 5.18. The van der Waals surface area contributed by atoms with Crippen LogP contribution in [-0.4, -0.2) is 34.8 Å². The molecule has 0 fully saturated rings. The molecule has 1 N–H and O–H groups in total. The van der Waals surface area contributed by atoms with Crippen molar-refractivity contribution in [1.29, 1.82) is 0 Å². The third-order valence-electron chi connectivity index (χ3n) is 2.43. The minimum Gasteiger partial charge on any atom is -0.461 e. The van der Waals surface area contributed by atoms with Gasteiger partial charge in [-0.05, 0) is 13.8 Å². The molecule has 1 aromatic heterocycles. The van der Waals surface area contributed by atoms with Gasteiger partial charge in [-0.1, -0.05) is 0 Å². The number of rotatable bonds is 2. The van der Waals surface area contributed by atoms with Gasteiger partial charge >= 0.3 is 5.97 Å². The molecule has 0 radical (unpaired) electrons. The Labute approximate surface area is 92.6 Å². The van der Waals surface area contributed by atoms with E-state index < -0.39 is 5.97 Å². The number of nitrogens with one attached hydrogen (secondary N) is 1. The molecular weight excluding hydrogens is 210 g/mol. The number of fused-ring (bicyclic) bond motifs is 1. The number of hydrogen-bond donors (Lipinski definition) is 1. The summed E-state index contributed by atoms with van der Waals surface area (Å²) in [5, 5.41) is 6.80. The van der Waals surface area contributed by atoms with Crippen molar-refractivity contribution in [3.63, 3.8) is 0 Å². The maximum absolute atomic E-state index is 11.5. The minimum atomic E-state index is -0.496. The number of carbonyl (C=O) groups excluding carboxylic acids is 2. The molecular formula is C10H13N3O3. The smallest absolute Gasteiger partial charge is 0.358 e. The van der Waals surface area contributed by atoms with Crippen LogP contribution < -0.4 is 5.32 Å². The summed E-state index contributed by atoms with van der Waals surface area (Å²) in [6, 6.07) is 1.51. The van der Waals surface area contributed by atoms with Gasteiger partial charge in [0.15, 0.2) is 5.69 Å². The predicted molar refractivity (Wildman–Crippen MR) is 55.2 cm³/mol. The number of esters is 1. The van der Waals surface area contributed by atoms with Crippen molar-refractivity contribution in [3.05, 3.63) is 17.5 Å². The zero-order valence-electron chi connectivity index (χ0n) is 9.19. The first-order chi connectivity index (χ1) is 7.63. The van der Waals surface area contributed by atoms with Crippen molar-refractivity contribution in [2.24, 2.45) is 0 Å². The van der Waals surface area contributed by atoms with Gasteiger partial charge in [0.05, 0.1) is 12.6 Å². The van der Waals surface area contributed by atoms with Crippen molar-refractivity contribution in [3.8, 4) is 0 Å². The highest BCUT2D eigenvalue weighted by molar-refractivity contribution is 5.96. The Bertz CT molecular complexity index is 439. The molecule has 0 bridgehead atoms. The molecule has 1 atom stereocenters. The van der Waals surface area contributed by atoms with E-state index in [1.54, 1.807) is 11.6 Å². The average Bonchev–Trinajstić information content (AvgIpc) is 2.70. The maximum Gasteiger partial charge on any atom is 0.358 e. The summed E-state index contributed by atoms with van der Waals surface area (Å²) in [5.74, 6) is -0.703. The van der Waals surface area contributed by atoms with Crippen LogP contribution in [0.1, 0.15) is 40.9 Å². The number of aromatic nitrogens is 2. The van der Waals surface area contributed by atoms with Gasteiger partial charge in [0.25, 0.3) is 5.91 Å². The molecule has 1 aliphatic heterocycles. The lowest BCUT2D eigenvalue weighted by atomic mass is 10.2. The predicted octanol–water partition coefficient (Wildman–Crippen LogP) is 0.364. The summed E-state index contributed by atoms with van der Waals surface area (Å²) in [5.41, 5.74) is 0.586. The largest absolute Gasteiger partial charge is 0.461 e. The number of ether oxygens (including phenoxy) is 1. The van der Waals surface area contributed by atoms with Gasteiger partial charge in [0.1, 0.15) is 5.69 Å². The van der Waals surface area contributed by atoms with Crippen LogP contribution >= 0.6 is 0 Å². The first-order valence-electron chi connectivity index (χ1n) is 5.18. The molecule has 6 heteroatoms. The number of amides is 1. The summed E-state index contributed by atoms with van der Waals surface area (Å²) in [4.78, 5) is 22.9. The third kappa shape index (κ3) is 1.66. The van der Waals surface area contributed by atoms with Crippen LogP contribution in [0, 0.1) is 0 Å². The van der Waals surface area contributed by atoms with Crippen LogP contribution in [0.15, 0.2) is 6.07 Å². The van der Waals surface area contributed by atoms with Crippen molar-refractivity contribution >= 4 is 11.9 Å². The van der Waals surface area contributed by atoms with Crippen LogP contribution in [-0.2, 0) is 4.74 Å². The standard InChI is InChI=1S/C10H13N3O3/c1-3-16-10(15)7-4-8-9(14)11-5-6(2)13(8)12-7/h4,6H,3,5H2,1-2H3,(H,11,14)/t6-/m0/s1. The fraction of sp³-hybridized carbons (Fsp3) is 0.500. The summed E-state index contributed by atoms with van der Waals surface area (Å²) < 4.78 is 6.39. The lowest BCUT2D eigenvalue weighted by Gasteiger charge is -2.20. The Morgan fingerprint density at radius 1 is 1.75 bits per heavy atom. The highest BCUT2D eigenvalue weighted by Crippen LogP contribution is 2.16. The van der Waals surface area contributed by atoms with Crippen LogP contribution in [0.4, 0.5) is 0 Å². The molecule has 0 saturated carbocycles. The van der Waals surface area contributed by atoms with Gasteiger partial charge in [-0.25, -0.2) is 4.79 Å². The van der Waals surface area contributed by atoms with Gasteiger partial charge in [0, 0.05) is 12.6 Å². The molecule has 0 unspecified atom stereocenters. The van der Waals surface area contributed by atoms with E-state index in [0.717, 1.165) is 0 Å². The summed E-state index contributed by atoms with van der Waals surface area (Å²) in [6.07, 6.45) is 0. The molecule has 2 heterocycles. The number of hydrogen-bond acceptors (Lipinski definition) is 4. The minimum absolute atomic E-state index is 0.0517. The van der Waals surface area contributed by atoms with Crippen LogP contribution in [0.2, 0.25) is 0 Å². The Kier molecular flexibility index (Phi) is 2.64. The van der Waals surface area contributed by atoms with Gasteiger partial charge < -0.3 is 10.1 Å². The van der Waals surface area contributed by atoms with E-state index in [-0.39, 0.29) is 17.6 Å². The van der Waals surface area contributed by atoms with E-state index in [1.165, 1.54) is 6.07 Å². The summed E-state index contributed by atoms with van der Waals surface area (Å²) >= 11 is 0. The van der Waals surface area contributed by atoms with E-state index in [2.05, 4.69) is 10.4 Å². The van der Waals surface area contributed by atoms with Crippen molar-refractivity contribution in [2.45, 2.75) is 19.9 Å². The van der Waals surface area contributed by atoms with Crippen LogP contribution in [0.25, 0.3) is 0 Å². The highest BCUT2D eigenvalue weighted by Gasteiger charge is 2.26.